The lowest BCUT2D eigenvalue weighted by atomic mass is 10.2. The summed E-state index contributed by atoms with van der Waals surface area (Å²) in [6.07, 6.45) is 0. The summed E-state index contributed by atoms with van der Waals surface area (Å²) in [4.78, 5) is 23.4. The number of anilines is 1. The van der Waals surface area contributed by atoms with E-state index in [-0.39, 0.29) is 12.2 Å². The first-order valence-electron chi connectivity index (χ1n) is 11.6. The van der Waals surface area contributed by atoms with Crippen LogP contribution in [0, 0.1) is 10.1 Å². The highest BCUT2D eigenvalue weighted by Crippen LogP contribution is 2.28. The summed E-state index contributed by atoms with van der Waals surface area (Å²) in [6, 6.07) is 18.3. The van der Waals surface area contributed by atoms with Crippen molar-refractivity contribution in [2.24, 2.45) is 0 Å². The van der Waals surface area contributed by atoms with Crippen LogP contribution in [0.1, 0.15) is 11.4 Å². The highest BCUT2D eigenvalue weighted by atomic mass is 32.2. The predicted octanol–water partition coefficient (Wildman–Crippen LogP) is 4.82. The fourth-order valence-corrected chi connectivity index (χ4v) is 4.53. The molecule has 0 unspecified atom stereocenters. The molecule has 0 radical (unpaired) electrons. The molecule has 0 saturated heterocycles. The number of nitro groups is 1. The molecule has 202 valence electrons. The fraction of sp³-hybridized carbons (Fsp3) is 0.192. The third-order valence-corrected chi connectivity index (χ3v) is 6.54. The minimum atomic E-state index is -0.478. The maximum absolute atomic E-state index is 12.7. The van der Waals surface area contributed by atoms with E-state index in [0.717, 1.165) is 11.3 Å². The number of amides is 2. The Labute approximate surface area is 228 Å². The minimum absolute atomic E-state index is 0.0369. The van der Waals surface area contributed by atoms with Crippen LogP contribution in [-0.2, 0) is 12.3 Å². The van der Waals surface area contributed by atoms with Gasteiger partial charge in [-0.2, -0.15) is 0 Å². The number of hydrogen-bond acceptors (Lipinski definition) is 9. The van der Waals surface area contributed by atoms with Gasteiger partial charge in [-0.15, -0.1) is 10.2 Å². The van der Waals surface area contributed by atoms with E-state index in [9.17, 15) is 14.9 Å². The Hall–Kier alpha value is -4.78. The predicted molar refractivity (Wildman–Crippen MR) is 146 cm³/mol. The number of hydrogen-bond donors (Lipinski definition) is 2. The molecule has 0 atom stereocenters. The zero-order chi connectivity index (χ0) is 27.8. The molecule has 0 aliphatic rings. The van der Waals surface area contributed by atoms with Gasteiger partial charge in [0.15, 0.2) is 11.0 Å². The standard InChI is InChI=1S/C26H26N6O6S/c1-36-21-6-4-5-17(11-21)16-39-26-30-29-24(31(26)19-7-9-20(10-8-19)32(34)35)15-27-25(33)28-18-12-22(37-2)14-23(13-18)38-3/h4-14H,15-16H2,1-3H3,(H2,27,28,33). The first-order chi connectivity index (χ1) is 18.9. The monoisotopic (exact) mass is 550 g/mol. The maximum atomic E-state index is 12.7. The highest BCUT2D eigenvalue weighted by Gasteiger charge is 2.17. The van der Waals surface area contributed by atoms with E-state index in [1.807, 2.05) is 24.3 Å². The fourth-order valence-electron chi connectivity index (χ4n) is 3.62. The van der Waals surface area contributed by atoms with E-state index < -0.39 is 11.0 Å². The molecule has 1 aromatic heterocycles. The second-order valence-corrected chi connectivity index (χ2v) is 9.00. The number of nitrogens with one attached hydrogen (secondary N) is 2. The summed E-state index contributed by atoms with van der Waals surface area (Å²) in [5.74, 6) is 2.82. The van der Waals surface area contributed by atoms with Gasteiger partial charge in [0.05, 0.1) is 32.8 Å². The van der Waals surface area contributed by atoms with Gasteiger partial charge in [0.25, 0.3) is 5.69 Å². The Balaban J connectivity index is 1.54. The molecule has 0 saturated carbocycles. The Morgan fingerprint density at radius 1 is 0.949 bits per heavy atom. The summed E-state index contributed by atoms with van der Waals surface area (Å²) in [5, 5.41) is 25.8. The number of carbonyl (C=O) groups excluding carboxylic acids is 1. The van der Waals surface area contributed by atoms with E-state index in [4.69, 9.17) is 14.2 Å². The molecule has 3 aromatic carbocycles. The van der Waals surface area contributed by atoms with Gasteiger partial charge in [-0.1, -0.05) is 23.9 Å². The maximum Gasteiger partial charge on any atom is 0.319 e. The molecule has 0 spiro atoms. The third-order valence-electron chi connectivity index (χ3n) is 5.54. The van der Waals surface area contributed by atoms with Crippen LogP contribution in [0.5, 0.6) is 17.2 Å². The average Bonchev–Trinajstić information content (AvgIpc) is 3.37. The first kappa shape index (κ1) is 27.3. The summed E-state index contributed by atoms with van der Waals surface area (Å²) < 4.78 is 17.5. The van der Waals surface area contributed by atoms with Crippen LogP contribution < -0.4 is 24.8 Å². The number of thioether (sulfide) groups is 1. The number of nitro benzene ring substituents is 1. The number of carbonyl (C=O) groups is 1. The largest absolute Gasteiger partial charge is 0.497 e. The SMILES string of the molecule is COc1cccc(CSc2nnc(CNC(=O)Nc3cc(OC)cc(OC)c3)n2-c2ccc([N+](=O)[O-])cc2)c1. The van der Waals surface area contributed by atoms with Crippen molar-refractivity contribution in [2.75, 3.05) is 26.6 Å². The van der Waals surface area contributed by atoms with Gasteiger partial charge in [0.2, 0.25) is 0 Å². The van der Waals surface area contributed by atoms with Crippen molar-refractivity contribution in [1.29, 1.82) is 0 Å². The van der Waals surface area contributed by atoms with Crippen molar-refractivity contribution in [3.05, 3.63) is 88.2 Å². The molecule has 2 amide bonds. The molecule has 0 fully saturated rings. The van der Waals surface area contributed by atoms with Crippen LogP contribution in [-0.4, -0.2) is 47.0 Å². The lowest BCUT2D eigenvalue weighted by molar-refractivity contribution is -0.384. The van der Waals surface area contributed by atoms with Crippen LogP contribution in [0.4, 0.5) is 16.2 Å². The van der Waals surface area contributed by atoms with E-state index in [0.29, 0.717) is 39.6 Å². The summed E-state index contributed by atoms with van der Waals surface area (Å²) >= 11 is 1.43. The smallest absolute Gasteiger partial charge is 0.319 e. The van der Waals surface area contributed by atoms with Crippen LogP contribution in [0.15, 0.2) is 71.9 Å². The molecule has 4 aromatic rings. The molecule has 1 heterocycles. The molecular formula is C26H26N6O6S. The van der Waals surface area contributed by atoms with Crippen molar-refractivity contribution >= 4 is 29.2 Å². The zero-order valence-electron chi connectivity index (χ0n) is 21.4. The van der Waals surface area contributed by atoms with Gasteiger partial charge in [-0.25, -0.2) is 4.79 Å². The van der Waals surface area contributed by atoms with Crippen LogP contribution in [0.3, 0.4) is 0 Å². The summed E-state index contributed by atoms with van der Waals surface area (Å²) in [5.41, 5.74) is 2.08. The highest BCUT2D eigenvalue weighted by molar-refractivity contribution is 7.98. The van der Waals surface area contributed by atoms with Crippen LogP contribution in [0.25, 0.3) is 5.69 Å². The van der Waals surface area contributed by atoms with Crippen LogP contribution >= 0.6 is 11.8 Å². The quantitative estimate of drug-likeness (QED) is 0.153. The van der Waals surface area contributed by atoms with Crippen molar-refractivity contribution in [1.82, 2.24) is 20.1 Å². The van der Waals surface area contributed by atoms with E-state index in [1.165, 1.54) is 38.1 Å². The first-order valence-corrected chi connectivity index (χ1v) is 12.6. The van der Waals surface area contributed by atoms with Crippen molar-refractivity contribution in [3.63, 3.8) is 0 Å². The number of aromatic nitrogens is 3. The number of methoxy groups -OCH3 is 3. The minimum Gasteiger partial charge on any atom is -0.497 e. The molecule has 0 aliphatic carbocycles. The topological polar surface area (TPSA) is 143 Å². The average molecular weight is 551 g/mol. The zero-order valence-corrected chi connectivity index (χ0v) is 22.2. The van der Waals surface area contributed by atoms with Crippen molar-refractivity contribution < 1.29 is 23.9 Å². The van der Waals surface area contributed by atoms with Gasteiger partial charge in [-0.05, 0) is 29.8 Å². The molecule has 4 rings (SSSR count). The normalized spacial score (nSPS) is 10.5. The summed E-state index contributed by atoms with van der Waals surface area (Å²) in [7, 11) is 4.65. The second kappa shape index (κ2) is 12.6. The van der Waals surface area contributed by atoms with E-state index >= 15 is 0 Å². The number of non-ortho nitro benzene ring substituents is 1. The van der Waals surface area contributed by atoms with Gasteiger partial charge >= 0.3 is 6.03 Å². The summed E-state index contributed by atoms with van der Waals surface area (Å²) in [6.45, 7) is 0.0383. The van der Waals surface area contributed by atoms with Gasteiger partial charge in [-0.3, -0.25) is 14.7 Å². The number of ether oxygens (including phenoxy) is 3. The van der Waals surface area contributed by atoms with Crippen molar-refractivity contribution in [3.8, 4) is 22.9 Å². The molecule has 0 aliphatic heterocycles. The third kappa shape index (κ3) is 6.96. The molecule has 12 nitrogen and oxygen atoms in total. The number of nitrogens with zero attached hydrogens (tertiary/aromatic N) is 4. The molecule has 2 N–H and O–H groups in total. The van der Waals surface area contributed by atoms with Gasteiger partial charge in [0.1, 0.15) is 17.2 Å². The molecule has 39 heavy (non-hydrogen) atoms. The molecule has 0 bridgehead atoms. The lowest BCUT2D eigenvalue weighted by Gasteiger charge is -2.12. The van der Waals surface area contributed by atoms with Gasteiger partial charge < -0.3 is 24.8 Å². The molecular weight excluding hydrogens is 524 g/mol. The number of rotatable bonds is 11. The number of benzene rings is 3. The van der Waals surface area contributed by atoms with E-state index in [1.54, 1.807) is 42.0 Å². The Bertz CT molecular complexity index is 1440. The second-order valence-electron chi connectivity index (χ2n) is 8.06. The van der Waals surface area contributed by atoms with Gasteiger partial charge in [0, 0.05) is 47.5 Å². The Morgan fingerprint density at radius 3 is 2.28 bits per heavy atom. The van der Waals surface area contributed by atoms with Crippen LogP contribution in [0.2, 0.25) is 0 Å². The number of urea groups is 1. The Kier molecular flexibility index (Phi) is 8.84. The molecule has 13 heteroatoms. The lowest BCUT2D eigenvalue weighted by Crippen LogP contribution is -2.29. The van der Waals surface area contributed by atoms with E-state index in [2.05, 4.69) is 20.8 Å². The Morgan fingerprint density at radius 2 is 1.64 bits per heavy atom. The van der Waals surface area contributed by atoms with Crippen molar-refractivity contribution in [2.45, 2.75) is 17.5 Å².